The van der Waals surface area contributed by atoms with Gasteiger partial charge in [0, 0.05) is 23.9 Å². The van der Waals surface area contributed by atoms with Crippen LogP contribution in [0.2, 0.25) is 0 Å². The second-order valence-electron chi connectivity index (χ2n) is 2.22. The molecule has 0 radical (unpaired) electrons. The van der Waals surface area contributed by atoms with Crippen LogP contribution in [0.15, 0.2) is 0 Å². The SMILES string of the molecule is FB(SC(F)(F)F)N(SC(F)(F)F)SC(F)(F)F. The second-order valence-corrected chi connectivity index (χ2v) is 5.61. The predicted molar refractivity (Wildman–Crippen MR) is 49.6 cm³/mol. The fourth-order valence-corrected chi connectivity index (χ4v) is 2.51. The summed E-state index contributed by atoms with van der Waals surface area (Å²) in [5.74, 6) is 0. The number of hydrogen-bond acceptors (Lipinski definition) is 4. The quantitative estimate of drug-likeness (QED) is 0.407. The Hall–Kier alpha value is 0.375. The predicted octanol–water partition coefficient (Wildman–Crippen LogP) is 4.83. The topological polar surface area (TPSA) is 3.24 Å². The zero-order chi connectivity index (χ0) is 14.8. The number of hydrogen-bond donors (Lipinski definition) is 0. The van der Waals surface area contributed by atoms with E-state index in [0.29, 0.717) is 0 Å². The number of halogens is 10. The molecule has 0 bridgehead atoms. The molecule has 0 aromatic carbocycles. The van der Waals surface area contributed by atoms with E-state index in [1.165, 1.54) is 0 Å². The van der Waals surface area contributed by atoms with E-state index in [2.05, 4.69) is 0 Å². The number of alkyl halides is 9. The lowest BCUT2D eigenvalue weighted by Crippen LogP contribution is -2.30. The summed E-state index contributed by atoms with van der Waals surface area (Å²) in [7, 11) is 0. The zero-order valence-electron chi connectivity index (χ0n) is 7.53. The van der Waals surface area contributed by atoms with Crippen molar-refractivity contribution in [3.05, 3.63) is 0 Å². The fraction of sp³-hybridized carbons (Fsp3) is 1.00. The molecule has 0 fully saturated rings. The molecule has 0 aromatic heterocycles. The van der Waals surface area contributed by atoms with Crippen LogP contribution in [-0.2, 0) is 0 Å². The van der Waals surface area contributed by atoms with E-state index >= 15 is 0 Å². The molecule has 0 N–H and O–H groups in total. The van der Waals surface area contributed by atoms with E-state index < -0.39 is 62.1 Å². The van der Waals surface area contributed by atoms with Gasteiger partial charge in [-0.05, 0) is 11.6 Å². The highest BCUT2D eigenvalue weighted by Gasteiger charge is 2.49. The maximum Gasteiger partial charge on any atom is 0.526 e. The molecule has 0 aliphatic rings. The van der Waals surface area contributed by atoms with Crippen molar-refractivity contribution in [2.45, 2.75) is 16.5 Å². The summed E-state index contributed by atoms with van der Waals surface area (Å²) >= 11 is -4.92. The lowest BCUT2D eigenvalue weighted by atomic mass is 10.4. The molecule has 0 atom stereocenters. The molecule has 18 heavy (non-hydrogen) atoms. The average Bonchev–Trinajstić information content (AvgIpc) is 1.93. The Morgan fingerprint density at radius 1 is 0.667 bits per heavy atom. The van der Waals surface area contributed by atoms with Gasteiger partial charge < -0.3 is 0 Å². The molecular formula is C3BF10NS3. The molecule has 0 rings (SSSR count). The molecule has 0 spiro atoms. The Labute approximate surface area is 106 Å². The summed E-state index contributed by atoms with van der Waals surface area (Å²) in [5, 5.41) is 0. The molecule has 0 aliphatic carbocycles. The number of nitrogens with zero attached hydrogens (tertiary/aromatic N) is 1. The van der Waals surface area contributed by atoms with Gasteiger partial charge in [0.1, 0.15) is 0 Å². The largest absolute Gasteiger partial charge is 0.526 e. The van der Waals surface area contributed by atoms with Crippen LogP contribution in [0, 0.1) is 0 Å². The maximum absolute atomic E-state index is 12.8. The van der Waals surface area contributed by atoms with E-state index in [1.807, 2.05) is 0 Å². The molecule has 0 amide bonds. The average molecular weight is 347 g/mol. The Bertz CT molecular complexity index is 245. The summed E-state index contributed by atoms with van der Waals surface area (Å²) in [4.78, 5) is 0. The second kappa shape index (κ2) is 6.22. The van der Waals surface area contributed by atoms with Gasteiger partial charge in [-0.15, -0.1) is 0 Å². The van der Waals surface area contributed by atoms with Crippen molar-refractivity contribution in [2.24, 2.45) is 0 Å². The van der Waals surface area contributed by atoms with Crippen LogP contribution in [0.1, 0.15) is 0 Å². The van der Waals surface area contributed by atoms with Gasteiger partial charge in [-0.1, -0.05) is 0 Å². The minimum Gasteiger partial charge on any atom is -0.292 e. The van der Waals surface area contributed by atoms with E-state index in [-0.39, 0.29) is 0 Å². The summed E-state index contributed by atoms with van der Waals surface area (Å²) in [5.41, 5.74) is -16.0. The lowest BCUT2D eigenvalue weighted by Gasteiger charge is -2.22. The van der Waals surface area contributed by atoms with Gasteiger partial charge in [0.25, 0.3) is 0 Å². The van der Waals surface area contributed by atoms with Crippen molar-refractivity contribution < 1.29 is 43.8 Å². The molecule has 1 nitrogen and oxygen atoms in total. The third kappa shape index (κ3) is 10.3. The zero-order valence-corrected chi connectivity index (χ0v) is 9.98. The van der Waals surface area contributed by atoms with Crippen molar-refractivity contribution >= 4 is 41.9 Å². The van der Waals surface area contributed by atoms with Gasteiger partial charge in [-0.3, -0.25) is 4.32 Å². The minimum atomic E-state index is -5.35. The molecule has 0 aromatic rings. The van der Waals surface area contributed by atoms with E-state index in [0.717, 1.165) is 0 Å². The van der Waals surface area contributed by atoms with Gasteiger partial charge in [-0.2, -0.15) is 43.1 Å². The van der Waals surface area contributed by atoms with Crippen molar-refractivity contribution in [1.82, 2.24) is 3.62 Å². The van der Waals surface area contributed by atoms with Gasteiger partial charge >= 0.3 is 22.9 Å². The van der Waals surface area contributed by atoms with E-state index in [9.17, 15) is 43.8 Å². The number of rotatable bonds is 4. The van der Waals surface area contributed by atoms with Crippen molar-refractivity contribution in [1.29, 1.82) is 0 Å². The van der Waals surface area contributed by atoms with Crippen molar-refractivity contribution in [3.63, 3.8) is 0 Å². The minimum absolute atomic E-state index is 1.15. The summed E-state index contributed by atoms with van der Waals surface area (Å²) in [6.07, 6.45) is -3.57. The molecule has 0 aliphatic heterocycles. The van der Waals surface area contributed by atoms with Crippen LogP contribution < -0.4 is 0 Å². The van der Waals surface area contributed by atoms with Crippen LogP contribution in [-0.4, -0.2) is 26.5 Å². The van der Waals surface area contributed by atoms with Crippen LogP contribution >= 0.6 is 35.5 Å². The molecule has 0 saturated carbocycles. The smallest absolute Gasteiger partial charge is 0.292 e. The molecule has 0 heterocycles. The first kappa shape index (κ1) is 18.4. The highest BCUT2D eigenvalue weighted by molar-refractivity contribution is 8.29. The standard InChI is InChI=1S/C3BF10NS3/c5-1(6,7)16-4(14)15(17-2(8,9)10)18-3(11,12)13. The molecule has 15 heteroatoms. The van der Waals surface area contributed by atoms with Gasteiger partial charge in [0.05, 0.1) is 0 Å². The van der Waals surface area contributed by atoms with Gasteiger partial charge in [0.2, 0.25) is 0 Å². The normalized spacial score (nSPS) is 14.2. The molecular weight excluding hydrogens is 347 g/mol. The van der Waals surface area contributed by atoms with Gasteiger partial charge in [0.15, 0.2) is 0 Å². The van der Waals surface area contributed by atoms with Crippen molar-refractivity contribution in [3.8, 4) is 0 Å². The van der Waals surface area contributed by atoms with Crippen LogP contribution in [0.3, 0.4) is 0 Å². The Morgan fingerprint density at radius 3 is 1.22 bits per heavy atom. The first-order chi connectivity index (χ1) is 7.70. The highest BCUT2D eigenvalue weighted by atomic mass is 32.2. The lowest BCUT2D eigenvalue weighted by molar-refractivity contribution is -0.0378. The third-order valence-corrected chi connectivity index (χ3v) is 3.31. The highest BCUT2D eigenvalue weighted by Crippen LogP contribution is 2.48. The maximum atomic E-state index is 12.8. The first-order valence-electron chi connectivity index (χ1n) is 3.39. The van der Waals surface area contributed by atoms with E-state index in [1.54, 1.807) is 0 Å². The fourth-order valence-electron chi connectivity index (χ4n) is 0.459. The summed E-state index contributed by atoms with van der Waals surface area (Å²) in [6, 6.07) is 0. The molecule has 0 unspecified atom stereocenters. The Kier molecular flexibility index (Phi) is 6.35. The van der Waals surface area contributed by atoms with E-state index in [4.69, 9.17) is 0 Å². The van der Waals surface area contributed by atoms with Crippen LogP contribution in [0.4, 0.5) is 43.8 Å². The molecule has 108 valence electrons. The summed E-state index contributed by atoms with van der Waals surface area (Å²) in [6.45, 7) is 0. The van der Waals surface area contributed by atoms with Gasteiger partial charge in [-0.25, -0.2) is 0 Å². The molecule has 0 saturated heterocycles. The van der Waals surface area contributed by atoms with Crippen LogP contribution in [0.25, 0.3) is 0 Å². The first-order valence-corrected chi connectivity index (χ1v) is 5.82. The Morgan fingerprint density at radius 2 is 1.00 bits per heavy atom. The third-order valence-electron chi connectivity index (χ3n) is 0.784. The Balaban J connectivity index is 4.75. The monoisotopic (exact) mass is 347 g/mol. The summed E-state index contributed by atoms with van der Waals surface area (Å²) < 4.78 is 117. The van der Waals surface area contributed by atoms with Crippen LogP contribution in [0.5, 0.6) is 0 Å². The van der Waals surface area contributed by atoms with Crippen molar-refractivity contribution in [2.75, 3.05) is 0 Å².